The maximum Gasteiger partial charge on any atom is 0.250 e. The molecule has 102 valence electrons. The maximum atomic E-state index is 12.0. The average molecular weight is 317 g/mol. The molecule has 0 aliphatic carbocycles. The molecule has 7 heteroatoms. The molecule has 0 aliphatic rings. The summed E-state index contributed by atoms with van der Waals surface area (Å²) < 4.78 is 26.9. The fourth-order valence-electron chi connectivity index (χ4n) is 1.45. The van der Waals surface area contributed by atoms with Gasteiger partial charge in [-0.25, -0.2) is 13.1 Å². The number of nitrogens with two attached hydrogens (primary N) is 1. The monoisotopic (exact) mass is 316 g/mol. The van der Waals surface area contributed by atoms with E-state index in [1.165, 1.54) is 11.3 Å². The first kappa shape index (κ1) is 14.5. The van der Waals surface area contributed by atoms with Gasteiger partial charge in [-0.15, -0.1) is 11.3 Å². The Bertz CT molecular complexity index is 651. The van der Waals surface area contributed by atoms with Crippen LogP contribution in [0.15, 0.2) is 39.9 Å². The number of benzene rings is 1. The van der Waals surface area contributed by atoms with Crippen molar-refractivity contribution in [2.75, 3.05) is 0 Å². The van der Waals surface area contributed by atoms with Crippen LogP contribution in [0.2, 0.25) is 5.02 Å². The maximum absolute atomic E-state index is 12.0. The summed E-state index contributed by atoms with van der Waals surface area (Å²) in [4.78, 5) is 0. The van der Waals surface area contributed by atoms with Gasteiger partial charge in [-0.3, -0.25) is 0 Å². The van der Waals surface area contributed by atoms with Gasteiger partial charge in [0.1, 0.15) is 4.21 Å². The lowest BCUT2D eigenvalue weighted by molar-refractivity contribution is 0.583. The molecule has 0 amide bonds. The summed E-state index contributed by atoms with van der Waals surface area (Å²) in [5, 5.41) is 2.37. The van der Waals surface area contributed by atoms with Crippen LogP contribution >= 0.6 is 22.9 Å². The Hall–Kier alpha value is -0.920. The predicted molar refractivity (Wildman–Crippen MR) is 77.7 cm³/mol. The quantitative estimate of drug-likeness (QED) is 0.889. The largest absolute Gasteiger partial charge is 0.326 e. The average Bonchev–Trinajstić information content (AvgIpc) is 2.88. The molecule has 0 radical (unpaired) electrons. The number of halogens is 1. The third-order valence-corrected chi connectivity index (χ3v) is 5.65. The molecule has 0 aliphatic heterocycles. The zero-order chi connectivity index (χ0) is 13.9. The van der Waals surface area contributed by atoms with E-state index in [2.05, 4.69) is 4.72 Å². The van der Waals surface area contributed by atoms with Gasteiger partial charge in [-0.2, -0.15) is 0 Å². The fourth-order valence-corrected chi connectivity index (χ4v) is 3.86. The highest BCUT2D eigenvalue weighted by atomic mass is 35.5. The molecule has 0 bridgehead atoms. The molecule has 3 N–H and O–H groups in total. The standard InChI is InChI=1S/C12H13ClN2O2S2/c13-11-3-1-9(2-4-11)7-15-19(16,17)12-5-10(6-14)8-18-12/h1-5,8,15H,6-7,14H2. The number of rotatable bonds is 5. The van der Waals surface area contributed by atoms with Gasteiger partial charge in [-0.05, 0) is 34.7 Å². The zero-order valence-corrected chi connectivity index (χ0v) is 12.4. The van der Waals surface area contributed by atoms with Gasteiger partial charge in [-0.1, -0.05) is 23.7 Å². The summed E-state index contributed by atoms with van der Waals surface area (Å²) in [5.74, 6) is 0. The normalized spacial score (nSPS) is 11.7. The van der Waals surface area contributed by atoms with Crippen LogP contribution < -0.4 is 10.5 Å². The van der Waals surface area contributed by atoms with Crippen LogP contribution in [-0.2, 0) is 23.1 Å². The first-order valence-corrected chi connectivity index (χ1v) is 8.27. The van der Waals surface area contributed by atoms with Gasteiger partial charge in [0.05, 0.1) is 0 Å². The van der Waals surface area contributed by atoms with E-state index in [0.29, 0.717) is 11.6 Å². The van der Waals surface area contributed by atoms with Gasteiger partial charge in [0.25, 0.3) is 0 Å². The Morgan fingerprint density at radius 1 is 1.21 bits per heavy atom. The van der Waals surface area contributed by atoms with E-state index in [1.807, 2.05) is 0 Å². The molecule has 19 heavy (non-hydrogen) atoms. The van der Waals surface area contributed by atoms with Crippen molar-refractivity contribution in [3.8, 4) is 0 Å². The van der Waals surface area contributed by atoms with Crippen molar-refractivity contribution < 1.29 is 8.42 Å². The number of nitrogens with one attached hydrogen (secondary N) is 1. The molecular formula is C12H13ClN2O2S2. The van der Waals surface area contributed by atoms with E-state index in [4.69, 9.17) is 17.3 Å². The number of hydrogen-bond donors (Lipinski definition) is 2. The SMILES string of the molecule is NCc1csc(S(=O)(=O)NCc2ccc(Cl)cc2)c1. The number of thiophene rings is 1. The van der Waals surface area contributed by atoms with E-state index >= 15 is 0 Å². The van der Waals surface area contributed by atoms with E-state index < -0.39 is 10.0 Å². The van der Waals surface area contributed by atoms with Crippen molar-refractivity contribution in [1.82, 2.24) is 4.72 Å². The van der Waals surface area contributed by atoms with E-state index in [1.54, 1.807) is 35.7 Å². The second-order valence-electron chi connectivity index (χ2n) is 3.93. The van der Waals surface area contributed by atoms with Crippen molar-refractivity contribution in [2.45, 2.75) is 17.3 Å². The summed E-state index contributed by atoms with van der Waals surface area (Å²) in [6, 6.07) is 8.61. The summed E-state index contributed by atoms with van der Waals surface area (Å²) in [5.41, 5.74) is 7.13. The van der Waals surface area contributed by atoms with Crippen LogP contribution in [0.5, 0.6) is 0 Å². The summed E-state index contributed by atoms with van der Waals surface area (Å²) in [6.07, 6.45) is 0. The molecule has 2 aromatic rings. The van der Waals surface area contributed by atoms with E-state index in [-0.39, 0.29) is 10.8 Å². The lowest BCUT2D eigenvalue weighted by Crippen LogP contribution is -2.22. The fraction of sp³-hybridized carbons (Fsp3) is 0.167. The van der Waals surface area contributed by atoms with Gasteiger partial charge in [0.2, 0.25) is 10.0 Å². The first-order chi connectivity index (χ1) is 9.01. The Kier molecular flexibility index (Phi) is 4.59. The van der Waals surface area contributed by atoms with E-state index in [9.17, 15) is 8.42 Å². The van der Waals surface area contributed by atoms with E-state index in [0.717, 1.165) is 11.1 Å². The number of sulfonamides is 1. The third-order valence-electron chi connectivity index (χ3n) is 2.51. The van der Waals surface area contributed by atoms with Crippen LogP contribution in [-0.4, -0.2) is 8.42 Å². The van der Waals surface area contributed by atoms with Crippen molar-refractivity contribution in [2.24, 2.45) is 5.73 Å². The summed E-state index contributed by atoms with van der Waals surface area (Å²) in [7, 11) is -3.48. The first-order valence-electron chi connectivity index (χ1n) is 5.53. The molecule has 0 fully saturated rings. The highest BCUT2D eigenvalue weighted by Crippen LogP contribution is 2.20. The van der Waals surface area contributed by atoms with Crippen molar-refractivity contribution >= 4 is 33.0 Å². The third kappa shape index (κ3) is 3.77. The van der Waals surface area contributed by atoms with Crippen LogP contribution in [0, 0.1) is 0 Å². The molecule has 0 unspecified atom stereocenters. The van der Waals surface area contributed by atoms with Crippen molar-refractivity contribution in [1.29, 1.82) is 0 Å². The molecule has 0 spiro atoms. The Labute approximate surface area is 121 Å². The Balaban J connectivity index is 2.07. The molecular weight excluding hydrogens is 304 g/mol. The highest BCUT2D eigenvalue weighted by Gasteiger charge is 2.16. The topological polar surface area (TPSA) is 72.2 Å². The summed E-state index contributed by atoms with van der Waals surface area (Å²) >= 11 is 6.93. The molecule has 4 nitrogen and oxygen atoms in total. The summed E-state index contributed by atoms with van der Waals surface area (Å²) in [6.45, 7) is 0.568. The van der Waals surface area contributed by atoms with Crippen LogP contribution in [0.25, 0.3) is 0 Å². The van der Waals surface area contributed by atoms with Gasteiger partial charge < -0.3 is 5.73 Å². The highest BCUT2D eigenvalue weighted by molar-refractivity contribution is 7.91. The molecule has 2 rings (SSSR count). The van der Waals surface area contributed by atoms with Gasteiger partial charge >= 0.3 is 0 Å². The Morgan fingerprint density at radius 3 is 2.47 bits per heavy atom. The minimum atomic E-state index is -3.48. The number of hydrogen-bond acceptors (Lipinski definition) is 4. The second-order valence-corrected chi connectivity index (χ2v) is 7.27. The van der Waals surface area contributed by atoms with Crippen LogP contribution in [0.4, 0.5) is 0 Å². The molecule has 1 heterocycles. The van der Waals surface area contributed by atoms with Crippen molar-refractivity contribution in [3.63, 3.8) is 0 Å². The van der Waals surface area contributed by atoms with Crippen LogP contribution in [0.3, 0.4) is 0 Å². The minimum Gasteiger partial charge on any atom is -0.326 e. The zero-order valence-electron chi connectivity index (χ0n) is 9.97. The second kappa shape index (κ2) is 6.02. The van der Waals surface area contributed by atoms with Gasteiger partial charge in [0, 0.05) is 18.1 Å². The Morgan fingerprint density at radius 2 is 1.89 bits per heavy atom. The van der Waals surface area contributed by atoms with Gasteiger partial charge in [0.15, 0.2) is 0 Å². The molecule has 1 aromatic carbocycles. The molecule has 1 aromatic heterocycles. The smallest absolute Gasteiger partial charge is 0.250 e. The lowest BCUT2D eigenvalue weighted by Gasteiger charge is -2.04. The lowest BCUT2D eigenvalue weighted by atomic mass is 10.2. The minimum absolute atomic E-state index is 0.232. The van der Waals surface area contributed by atoms with Crippen LogP contribution in [0.1, 0.15) is 11.1 Å². The molecule has 0 atom stereocenters. The molecule has 0 saturated heterocycles. The predicted octanol–water partition coefficient (Wildman–Crippen LogP) is 2.34. The molecule has 0 saturated carbocycles. The van der Waals surface area contributed by atoms with Crippen molar-refractivity contribution in [3.05, 3.63) is 51.9 Å².